The van der Waals surface area contributed by atoms with Crippen LogP contribution in [0.5, 0.6) is 0 Å². The maximum absolute atomic E-state index is 3.49. The third-order valence-corrected chi connectivity index (χ3v) is 5.08. The molecule has 2 aliphatic carbocycles. The topological polar surface area (TPSA) is 15.3 Å². The molecule has 1 heterocycles. The maximum Gasteiger partial charge on any atom is 0.0101 e. The Morgan fingerprint density at radius 3 is 2.24 bits per heavy atom. The predicted octanol–water partition coefficient (Wildman–Crippen LogP) is 2.64. The summed E-state index contributed by atoms with van der Waals surface area (Å²) in [7, 11) is 0. The Hall–Kier alpha value is -0.0800. The molecule has 0 spiro atoms. The van der Waals surface area contributed by atoms with Gasteiger partial charge in [-0.05, 0) is 69.9 Å². The van der Waals surface area contributed by atoms with Gasteiger partial charge in [-0.15, -0.1) is 0 Å². The van der Waals surface area contributed by atoms with Crippen LogP contribution in [-0.2, 0) is 0 Å². The highest BCUT2D eigenvalue weighted by Crippen LogP contribution is 2.37. The van der Waals surface area contributed by atoms with Gasteiger partial charge in [0.05, 0.1) is 0 Å². The van der Waals surface area contributed by atoms with Gasteiger partial charge in [-0.3, -0.25) is 4.90 Å². The van der Waals surface area contributed by atoms with E-state index in [1.807, 2.05) is 0 Å². The zero-order chi connectivity index (χ0) is 11.7. The van der Waals surface area contributed by atoms with E-state index in [-0.39, 0.29) is 0 Å². The van der Waals surface area contributed by atoms with Crippen molar-refractivity contribution in [2.45, 2.75) is 64.0 Å². The van der Waals surface area contributed by atoms with Gasteiger partial charge >= 0.3 is 0 Å². The standard InChI is InChI=1S/C15H28N2/c1-12-2-3-15(10-12)17(14-4-5-14)11-13-6-8-16-9-7-13/h12-16H,2-11H2,1H3. The normalized spacial score (nSPS) is 35.6. The fourth-order valence-electron chi connectivity index (χ4n) is 3.84. The molecule has 1 N–H and O–H groups in total. The number of nitrogens with one attached hydrogen (secondary N) is 1. The van der Waals surface area contributed by atoms with Crippen LogP contribution in [0.25, 0.3) is 0 Å². The number of hydrogen-bond acceptors (Lipinski definition) is 2. The quantitative estimate of drug-likeness (QED) is 0.807. The van der Waals surface area contributed by atoms with Crippen molar-refractivity contribution in [3.63, 3.8) is 0 Å². The number of nitrogens with zero attached hydrogens (tertiary/aromatic N) is 1. The lowest BCUT2D eigenvalue weighted by Crippen LogP contribution is -2.42. The molecule has 2 heteroatoms. The molecule has 0 aromatic carbocycles. The molecule has 0 bridgehead atoms. The molecule has 0 radical (unpaired) electrons. The number of piperidine rings is 1. The highest BCUT2D eigenvalue weighted by Gasteiger charge is 2.37. The van der Waals surface area contributed by atoms with Crippen LogP contribution in [-0.4, -0.2) is 36.6 Å². The van der Waals surface area contributed by atoms with Crippen LogP contribution in [0.3, 0.4) is 0 Å². The van der Waals surface area contributed by atoms with Gasteiger partial charge in [0.15, 0.2) is 0 Å². The fourth-order valence-corrected chi connectivity index (χ4v) is 3.84. The van der Waals surface area contributed by atoms with E-state index >= 15 is 0 Å². The SMILES string of the molecule is CC1CCC(N(CC2CCNCC2)C2CC2)C1. The van der Waals surface area contributed by atoms with Gasteiger partial charge in [-0.1, -0.05) is 6.92 Å². The second kappa shape index (κ2) is 5.27. The van der Waals surface area contributed by atoms with E-state index in [1.54, 1.807) is 0 Å². The predicted molar refractivity (Wildman–Crippen MR) is 72.1 cm³/mol. The molecular formula is C15H28N2. The molecule has 2 saturated carbocycles. The van der Waals surface area contributed by atoms with Gasteiger partial charge in [0.1, 0.15) is 0 Å². The van der Waals surface area contributed by atoms with Crippen molar-refractivity contribution < 1.29 is 0 Å². The average Bonchev–Trinajstić information content (AvgIpc) is 3.10. The Morgan fingerprint density at radius 1 is 0.941 bits per heavy atom. The highest BCUT2D eigenvalue weighted by atomic mass is 15.2. The Morgan fingerprint density at radius 2 is 1.65 bits per heavy atom. The molecule has 98 valence electrons. The van der Waals surface area contributed by atoms with Crippen molar-refractivity contribution in [2.75, 3.05) is 19.6 Å². The summed E-state index contributed by atoms with van der Waals surface area (Å²) in [5, 5.41) is 3.49. The third-order valence-electron chi connectivity index (χ3n) is 5.08. The molecule has 2 atom stereocenters. The molecule has 3 fully saturated rings. The summed E-state index contributed by atoms with van der Waals surface area (Å²) < 4.78 is 0. The van der Waals surface area contributed by atoms with Crippen LogP contribution in [0.1, 0.15) is 51.9 Å². The summed E-state index contributed by atoms with van der Waals surface area (Å²) in [6.45, 7) is 6.35. The van der Waals surface area contributed by atoms with Crippen LogP contribution in [0.15, 0.2) is 0 Å². The van der Waals surface area contributed by atoms with Crippen molar-refractivity contribution >= 4 is 0 Å². The summed E-state index contributed by atoms with van der Waals surface area (Å²) >= 11 is 0. The summed E-state index contributed by atoms with van der Waals surface area (Å²) in [6, 6.07) is 1.91. The lowest BCUT2D eigenvalue weighted by molar-refractivity contribution is 0.142. The van der Waals surface area contributed by atoms with E-state index < -0.39 is 0 Å². The summed E-state index contributed by atoms with van der Waals surface area (Å²) in [5.41, 5.74) is 0. The molecule has 2 unspecified atom stereocenters. The first-order valence-electron chi connectivity index (χ1n) is 7.79. The fraction of sp³-hybridized carbons (Fsp3) is 1.00. The summed E-state index contributed by atoms with van der Waals surface area (Å²) in [4.78, 5) is 2.92. The highest BCUT2D eigenvalue weighted by molar-refractivity contribution is 4.93. The van der Waals surface area contributed by atoms with Crippen LogP contribution in [0.4, 0.5) is 0 Å². The molecule has 0 amide bonds. The molecule has 1 aliphatic heterocycles. The van der Waals surface area contributed by atoms with Crippen LogP contribution >= 0.6 is 0 Å². The third kappa shape index (κ3) is 3.03. The number of hydrogen-bond donors (Lipinski definition) is 1. The Labute approximate surface area is 106 Å². The monoisotopic (exact) mass is 236 g/mol. The van der Waals surface area contributed by atoms with E-state index in [9.17, 15) is 0 Å². The first-order chi connectivity index (χ1) is 8.33. The van der Waals surface area contributed by atoms with Crippen LogP contribution in [0, 0.1) is 11.8 Å². The minimum Gasteiger partial charge on any atom is -0.317 e. The molecule has 17 heavy (non-hydrogen) atoms. The smallest absolute Gasteiger partial charge is 0.0101 e. The minimum absolute atomic E-state index is 0.937. The van der Waals surface area contributed by atoms with E-state index in [0.717, 1.165) is 23.9 Å². The molecule has 1 saturated heterocycles. The van der Waals surface area contributed by atoms with E-state index in [1.165, 1.54) is 64.6 Å². The lowest BCUT2D eigenvalue weighted by atomic mass is 9.96. The maximum atomic E-state index is 3.49. The zero-order valence-corrected chi connectivity index (χ0v) is 11.3. The van der Waals surface area contributed by atoms with E-state index in [0.29, 0.717) is 0 Å². The molecule has 0 aromatic rings. The molecule has 0 aromatic heterocycles. The Balaban J connectivity index is 1.56. The average molecular weight is 236 g/mol. The van der Waals surface area contributed by atoms with Gasteiger partial charge in [-0.2, -0.15) is 0 Å². The van der Waals surface area contributed by atoms with Gasteiger partial charge in [0.25, 0.3) is 0 Å². The van der Waals surface area contributed by atoms with Crippen molar-refractivity contribution in [1.82, 2.24) is 10.2 Å². The molecular weight excluding hydrogens is 208 g/mol. The van der Waals surface area contributed by atoms with Gasteiger partial charge < -0.3 is 5.32 Å². The molecule has 2 nitrogen and oxygen atoms in total. The number of rotatable bonds is 4. The van der Waals surface area contributed by atoms with Gasteiger partial charge in [0.2, 0.25) is 0 Å². The van der Waals surface area contributed by atoms with Crippen LogP contribution in [0.2, 0.25) is 0 Å². The van der Waals surface area contributed by atoms with Crippen LogP contribution < -0.4 is 5.32 Å². The first kappa shape index (κ1) is 12.0. The molecule has 3 rings (SSSR count). The summed E-state index contributed by atoms with van der Waals surface area (Å²) in [6.07, 6.45) is 10.2. The first-order valence-corrected chi connectivity index (χ1v) is 7.79. The second-order valence-electron chi connectivity index (χ2n) is 6.69. The van der Waals surface area contributed by atoms with Gasteiger partial charge in [0, 0.05) is 18.6 Å². The lowest BCUT2D eigenvalue weighted by Gasteiger charge is -2.34. The minimum atomic E-state index is 0.937. The summed E-state index contributed by atoms with van der Waals surface area (Å²) in [5.74, 6) is 1.96. The van der Waals surface area contributed by atoms with Gasteiger partial charge in [-0.25, -0.2) is 0 Å². The van der Waals surface area contributed by atoms with Crippen molar-refractivity contribution in [1.29, 1.82) is 0 Å². The zero-order valence-electron chi connectivity index (χ0n) is 11.3. The second-order valence-corrected chi connectivity index (χ2v) is 6.69. The van der Waals surface area contributed by atoms with E-state index in [4.69, 9.17) is 0 Å². The van der Waals surface area contributed by atoms with E-state index in [2.05, 4.69) is 17.1 Å². The van der Waals surface area contributed by atoms with Crippen molar-refractivity contribution in [3.8, 4) is 0 Å². The molecule has 3 aliphatic rings. The van der Waals surface area contributed by atoms with Crippen molar-refractivity contribution in [2.24, 2.45) is 11.8 Å². The Bertz CT molecular complexity index is 243. The van der Waals surface area contributed by atoms with Crippen molar-refractivity contribution in [3.05, 3.63) is 0 Å². The largest absolute Gasteiger partial charge is 0.317 e. The Kier molecular flexibility index (Phi) is 3.72.